The Bertz CT molecular complexity index is 804. The molecule has 0 bridgehead atoms. The Morgan fingerprint density at radius 3 is 2.15 bits per heavy atom. The first kappa shape index (κ1) is 24.6. The molecule has 0 aromatic heterocycles. The fourth-order valence-electron chi connectivity index (χ4n) is 2.81. The predicted octanol–water partition coefficient (Wildman–Crippen LogP) is 1.71. The fourth-order valence-corrected chi connectivity index (χ4v) is 3.54. The van der Waals surface area contributed by atoms with Gasteiger partial charge in [0.15, 0.2) is 0 Å². The molecule has 1 N–H and O–H groups in total. The Balaban J connectivity index is 0.00000364. The van der Waals surface area contributed by atoms with Crippen LogP contribution < -0.4 is 61.2 Å². The zero-order chi connectivity index (χ0) is 19.0. The standard InChI is InChI=1S/C20H26O5S.K/c1-2-3-4-5-6-7-8-16-15-19(13-14-20(16)26(22,23)24)25-18-11-9-17(21)10-12-18;/h9-15,21H,2-8H2,1H3,(H,22,23,24);/q;+1/p-1. The van der Waals surface area contributed by atoms with E-state index in [-0.39, 0.29) is 62.0 Å². The minimum Gasteiger partial charge on any atom is -0.872 e. The fraction of sp³-hybridized carbons (Fsp3) is 0.400. The normalized spacial score (nSPS) is 11.0. The Hall–Kier alpha value is -0.414. The van der Waals surface area contributed by atoms with E-state index in [9.17, 15) is 18.1 Å². The van der Waals surface area contributed by atoms with Crippen molar-refractivity contribution in [2.75, 3.05) is 0 Å². The van der Waals surface area contributed by atoms with Crippen LogP contribution in [0.1, 0.15) is 51.0 Å². The van der Waals surface area contributed by atoms with Gasteiger partial charge >= 0.3 is 51.4 Å². The first-order valence-corrected chi connectivity index (χ1v) is 10.4. The maximum atomic E-state index is 11.6. The molecule has 2 aromatic rings. The van der Waals surface area contributed by atoms with E-state index in [4.69, 9.17) is 4.74 Å². The zero-order valence-corrected chi connectivity index (χ0v) is 19.9. The number of aryl methyl sites for hydroxylation is 1. The van der Waals surface area contributed by atoms with Gasteiger partial charge in [0.2, 0.25) is 0 Å². The number of unbranched alkanes of at least 4 members (excludes halogenated alkanes) is 5. The number of rotatable bonds is 10. The molecule has 0 saturated carbocycles. The molecule has 0 saturated heterocycles. The molecule has 5 nitrogen and oxygen atoms in total. The summed E-state index contributed by atoms with van der Waals surface area (Å²) in [7, 11) is -4.28. The van der Waals surface area contributed by atoms with Crippen LogP contribution in [0.25, 0.3) is 0 Å². The minimum absolute atomic E-state index is 0. The first-order chi connectivity index (χ1) is 12.4. The van der Waals surface area contributed by atoms with Crippen molar-refractivity contribution >= 4 is 10.1 Å². The van der Waals surface area contributed by atoms with Crippen LogP contribution in [0.15, 0.2) is 47.4 Å². The number of hydrogen-bond donors (Lipinski definition) is 1. The van der Waals surface area contributed by atoms with Gasteiger partial charge in [0.1, 0.15) is 11.5 Å². The summed E-state index contributed by atoms with van der Waals surface area (Å²) < 4.78 is 38.4. The molecule has 27 heavy (non-hydrogen) atoms. The van der Waals surface area contributed by atoms with Crippen LogP contribution in [0, 0.1) is 0 Å². The Morgan fingerprint density at radius 1 is 0.926 bits per heavy atom. The molecule has 2 rings (SSSR count). The molecular formula is C20H25KO5S. The van der Waals surface area contributed by atoms with E-state index < -0.39 is 10.1 Å². The van der Waals surface area contributed by atoms with Gasteiger partial charge in [-0.3, -0.25) is 4.55 Å². The van der Waals surface area contributed by atoms with Crippen LogP contribution in [0.5, 0.6) is 17.2 Å². The van der Waals surface area contributed by atoms with Crippen molar-refractivity contribution in [3.05, 3.63) is 48.0 Å². The second-order valence-corrected chi connectivity index (χ2v) is 7.73. The monoisotopic (exact) mass is 416 g/mol. The Kier molecular flexibility index (Phi) is 11.1. The van der Waals surface area contributed by atoms with Gasteiger partial charge in [0.25, 0.3) is 10.1 Å². The minimum atomic E-state index is -4.28. The average Bonchev–Trinajstić information content (AvgIpc) is 2.59. The van der Waals surface area contributed by atoms with Crippen LogP contribution in [-0.2, 0) is 16.5 Å². The smallest absolute Gasteiger partial charge is 0.872 e. The molecule has 0 atom stereocenters. The van der Waals surface area contributed by atoms with E-state index in [1.807, 2.05) is 0 Å². The van der Waals surface area contributed by atoms with Gasteiger partial charge in [-0.05, 0) is 48.7 Å². The topological polar surface area (TPSA) is 86.7 Å². The summed E-state index contributed by atoms with van der Waals surface area (Å²) in [4.78, 5) is -0.0756. The summed E-state index contributed by atoms with van der Waals surface area (Å²) in [6.45, 7) is 2.16. The van der Waals surface area contributed by atoms with Gasteiger partial charge in [-0.2, -0.15) is 8.42 Å². The van der Waals surface area contributed by atoms with Gasteiger partial charge in [0.05, 0.1) is 4.90 Å². The molecule has 0 spiro atoms. The molecule has 0 aliphatic rings. The maximum Gasteiger partial charge on any atom is 1.00 e. The third-order valence-electron chi connectivity index (χ3n) is 4.17. The molecule has 0 heterocycles. The maximum absolute atomic E-state index is 11.6. The van der Waals surface area contributed by atoms with Crippen molar-refractivity contribution in [2.45, 2.75) is 56.8 Å². The van der Waals surface area contributed by atoms with Crippen molar-refractivity contribution in [3.8, 4) is 17.2 Å². The molecule has 0 fully saturated rings. The molecule has 0 radical (unpaired) electrons. The molecule has 0 amide bonds. The summed E-state index contributed by atoms with van der Waals surface area (Å²) in [5.74, 6) is 0.856. The van der Waals surface area contributed by atoms with E-state index in [0.717, 1.165) is 19.3 Å². The number of benzene rings is 2. The third kappa shape index (κ3) is 8.64. The van der Waals surface area contributed by atoms with E-state index in [1.54, 1.807) is 18.2 Å². The van der Waals surface area contributed by atoms with Crippen LogP contribution in [-0.4, -0.2) is 13.0 Å². The molecule has 0 unspecified atom stereocenters. The van der Waals surface area contributed by atoms with Crippen LogP contribution in [0.3, 0.4) is 0 Å². The van der Waals surface area contributed by atoms with Crippen LogP contribution in [0.4, 0.5) is 0 Å². The van der Waals surface area contributed by atoms with Gasteiger partial charge in [-0.15, -0.1) is 5.75 Å². The van der Waals surface area contributed by atoms with E-state index in [0.29, 0.717) is 23.5 Å². The second-order valence-electron chi connectivity index (χ2n) is 6.34. The predicted molar refractivity (Wildman–Crippen MR) is 99.3 cm³/mol. The summed E-state index contributed by atoms with van der Waals surface area (Å²) >= 11 is 0. The first-order valence-electron chi connectivity index (χ1n) is 8.95. The summed E-state index contributed by atoms with van der Waals surface area (Å²) in [6, 6.07) is 10.4. The number of hydrogen-bond acceptors (Lipinski definition) is 4. The number of ether oxygens (including phenoxy) is 1. The van der Waals surface area contributed by atoms with E-state index in [2.05, 4.69) is 6.92 Å². The molecule has 7 heteroatoms. The quantitative estimate of drug-likeness (QED) is 0.362. The Labute approximate surface area is 204 Å². The van der Waals surface area contributed by atoms with Gasteiger partial charge in [0, 0.05) is 0 Å². The van der Waals surface area contributed by atoms with Gasteiger partial charge in [-0.25, -0.2) is 0 Å². The van der Waals surface area contributed by atoms with Crippen molar-refractivity contribution in [1.82, 2.24) is 0 Å². The summed E-state index contributed by atoms with van der Waals surface area (Å²) in [6.07, 6.45) is 7.11. The molecule has 0 aliphatic carbocycles. The van der Waals surface area contributed by atoms with Crippen LogP contribution >= 0.6 is 0 Å². The SMILES string of the molecule is CCCCCCCCc1cc(Oc2ccc([O-])cc2)ccc1S(=O)(=O)O.[K+]. The van der Waals surface area contributed by atoms with Gasteiger partial charge in [-0.1, -0.05) is 51.2 Å². The second kappa shape index (κ2) is 12.2. The molecular weight excluding hydrogens is 391 g/mol. The molecule has 0 aliphatic heterocycles. The largest absolute Gasteiger partial charge is 1.00 e. The van der Waals surface area contributed by atoms with Crippen molar-refractivity contribution in [2.24, 2.45) is 0 Å². The van der Waals surface area contributed by atoms with Crippen molar-refractivity contribution in [1.29, 1.82) is 0 Å². The van der Waals surface area contributed by atoms with Gasteiger partial charge < -0.3 is 9.84 Å². The third-order valence-corrected chi connectivity index (χ3v) is 5.12. The zero-order valence-electron chi connectivity index (χ0n) is 16.0. The average molecular weight is 417 g/mol. The van der Waals surface area contributed by atoms with E-state index in [1.165, 1.54) is 43.5 Å². The molecule has 2 aromatic carbocycles. The Morgan fingerprint density at radius 2 is 1.52 bits per heavy atom. The molecule has 142 valence electrons. The summed E-state index contributed by atoms with van der Waals surface area (Å²) in [5.41, 5.74) is 0.543. The summed E-state index contributed by atoms with van der Waals surface area (Å²) in [5, 5.41) is 11.1. The van der Waals surface area contributed by atoms with E-state index >= 15 is 0 Å². The van der Waals surface area contributed by atoms with Crippen LogP contribution in [0.2, 0.25) is 0 Å². The van der Waals surface area contributed by atoms with Crippen molar-refractivity contribution < 1.29 is 74.2 Å². The van der Waals surface area contributed by atoms with Crippen molar-refractivity contribution in [3.63, 3.8) is 0 Å².